The molecule has 2 amide bonds. The van der Waals surface area contributed by atoms with Crippen LogP contribution in [0.25, 0.3) is 0 Å². The second-order valence-corrected chi connectivity index (χ2v) is 15.0. The van der Waals surface area contributed by atoms with Gasteiger partial charge in [-0.25, -0.2) is 9.59 Å². The van der Waals surface area contributed by atoms with Crippen LogP contribution in [0.15, 0.2) is 109 Å². The molecule has 52 heavy (non-hydrogen) atoms. The van der Waals surface area contributed by atoms with Crippen molar-refractivity contribution in [3.63, 3.8) is 0 Å². The molecule has 2 atom stereocenters. The van der Waals surface area contributed by atoms with Crippen LogP contribution >= 0.6 is 15.9 Å². The summed E-state index contributed by atoms with van der Waals surface area (Å²) in [5, 5.41) is 10.4. The number of ether oxygens (including phenoxy) is 3. The van der Waals surface area contributed by atoms with Crippen LogP contribution < -0.4 is 39.4 Å². The average Bonchev–Trinajstić information content (AvgIpc) is 3.67. The molecule has 4 aromatic rings. The summed E-state index contributed by atoms with van der Waals surface area (Å²) in [6.07, 6.45) is 0.744. The van der Waals surface area contributed by atoms with Gasteiger partial charge < -0.3 is 20.7 Å². The number of hydrogen-bond donors (Lipinski definition) is 1. The topological polar surface area (TPSA) is 88.5 Å². The first-order chi connectivity index (χ1) is 24.3. The first kappa shape index (κ1) is 43.2. The average molecular weight is 784 g/mol. The molecule has 6 rings (SSSR count). The van der Waals surface area contributed by atoms with Gasteiger partial charge in [0.2, 0.25) is 0 Å². The van der Waals surface area contributed by atoms with Gasteiger partial charge >= 0.3 is 41.7 Å². The number of rotatable bonds is 6. The standard InChI is InChI=1S/C21H25NO3.C14H19NO3.C7H7Br.Na.H/c1-21(2,3)25-20(23)22-18(13-17-11-7-8-12-19(17)22)15-24-14-16-9-5-4-6-10-16;1-14(2,3)18-13(17)15-11(9-16)8-10-6-4-5-7-12(10)15;8-6-7-4-2-1-3-5-7;;/h4-12,18H,13-15H2,1-3H3;4-7,11,16H,8-9H2,1-3H3;1-5H,6H2;;/q;;;+1;-1. The number of fused-ring (bicyclic) bond motifs is 2. The Kier molecular flexibility index (Phi) is 16.9. The minimum atomic E-state index is -0.533. The first-order valence-electron chi connectivity index (χ1n) is 17.3. The number of aliphatic hydroxyl groups excluding tert-OH is 1. The molecule has 0 saturated heterocycles. The zero-order valence-corrected chi connectivity index (χ0v) is 35.1. The third kappa shape index (κ3) is 13.0. The smallest absolute Gasteiger partial charge is 1.00 e. The number of benzene rings is 4. The van der Waals surface area contributed by atoms with E-state index in [1.165, 1.54) is 5.56 Å². The van der Waals surface area contributed by atoms with Crippen molar-refractivity contribution in [2.45, 2.75) is 89.6 Å². The molecule has 0 spiro atoms. The second-order valence-electron chi connectivity index (χ2n) is 14.5. The van der Waals surface area contributed by atoms with Crippen molar-refractivity contribution >= 4 is 39.5 Å². The molecule has 2 unspecified atom stereocenters. The fourth-order valence-electron chi connectivity index (χ4n) is 5.77. The molecule has 0 saturated carbocycles. The molecule has 1 N–H and O–H groups in total. The summed E-state index contributed by atoms with van der Waals surface area (Å²) in [6.45, 7) is 12.1. The van der Waals surface area contributed by atoms with Crippen molar-refractivity contribution < 1.29 is 59.9 Å². The van der Waals surface area contributed by atoms with Gasteiger partial charge in [-0.3, -0.25) is 9.80 Å². The van der Waals surface area contributed by atoms with E-state index in [2.05, 4.69) is 34.1 Å². The summed E-state index contributed by atoms with van der Waals surface area (Å²) >= 11 is 3.36. The number of amides is 2. The SMILES string of the molecule is BrCc1ccccc1.CC(C)(C)OC(=O)N1c2ccccc2CC1CO.CC(C)(C)OC(=O)N1c2ccccc2CC1COCc1ccccc1.[H-].[Na+]. The maximum absolute atomic E-state index is 12.7. The third-order valence-electron chi connectivity index (χ3n) is 7.95. The Balaban J connectivity index is 0.000000303. The summed E-state index contributed by atoms with van der Waals surface area (Å²) in [4.78, 5) is 28.2. The summed E-state index contributed by atoms with van der Waals surface area (Å²) in [7, 11) is 0. The number of aliphatic hydroxyl groups is 1. The van der Waals surface area contributed by atoms with E-state index in [9.17, 15) is 14.7 Å². The van der Waals surface area contributed by atoms with E-state index >= 15 is 0 Å². The van der Waals surface area contributed by atoms with Gasteiger partial charge in [0.25, 0.3) is 0 Å². The van der Waals surface area contributed by atoms with Gasteiger partial charge in [-0.15, -0.1) is 0 Å². The van der Waals surface area contributed by atoms with Gasteiger partial charge in [0.15, 0.2) is 0 Å². The molecule has 2 aliphatic rings. The summed E-state index contributed by atoms with van der Waals surface area (Å²) in [6, 6.07) is 35.7. The molecule has 2 heterocycles. The third-order valence-corrected chi connectivity index (χ3v) is 8.60. The van der Waals surface area contributed by atoms with Crippen LogP contribution in [0.1, 0.15) is 65.2 Å². The Labute approximate surface area is 341 Å². The summed E-state index contributed by atoms with van der Waals surface area (Å²) in [5.74, 6) is 0. The maximum Gasteiger partial charge on any atom is 1.00 e. The quantitative estimate of drug-likeness (QED) is 0.175. The second kappa shape index (κ2) is 20.3. The number of alkyl halides is 1. The molecule has 10 heteroatoms. The molecule has 4 aromatic carbocycles. The van der Waals surface area contributed by atoms with Gasteiger partial charge in [-0.05, 0) is 88.8 Å². The van der Waals surface area contributed by atoms with E-state index in [1.807, 2.05) is 133 Å². The Morgan fingerprint density at radius 3 is 1.50 bits per heavy atom. The minimum absolute atomic E-state index is 0. The number of halogens is 1. The fraction of sp³-hybridized carbons (Fsp3) is 0.381. The van der Waals surface area contributed by atoms with Crippen molar-refractivity contribution in [3.8, 4) is 0 Å². The van der Waals surface area contributed by atoms with Crippen molar-refractivity contribution in [2.75, 3.05) is 23.0 Å². The zero-order valence-electron chi connectivity index (χ0n) is 32.6. The zero-order chi connectivity index (χ0) is 37.0. The molecule has 8 nitrogen and oxygen atoms in total. The molecule has 0 bridgehead atoms. The van der Waals surface area contributed by atoms with E-state index in [-0.39, 0.29) is 55.8 Å². The monoisotopic (exact) mass is 782 g/mol. The van der Waals surface area contributed by atoms with Gasteiger partial charge in [0.1, 0.15) is 11.2 Å². The summed E-state index contributed by atoms with van der Waals surface area (Å²) < 4.78 is 16.9. The Morgan fingerprint density at radius 1 is 0.673 bits per heavy atom. The number of para-hydroxylation sites is 2. The van der Waals surface area contributed by atoms with Crippen LogP contribution in [0, 0.1) is 0 Å². The number of hydrogen-bond acceptors (Lipinski definition) is 6. The number of nitrogens with zero attached hydrogens (tertiary/aromatic N) is 2. The van der Waals surface area contributed by atoms with Gasteiger partial charge in [0.05, 0.1) is 43.3 Å². The largest absolute Gasteiger partial charge is 1.00 e. The van der Waals surface area contributed by atoms with Crippen LogP contribution in [0.5, 0.6) is 0 Å². The molecule has 2 aliphatic heterocycles. The van der Waals surface area contributed by atoms with Crippen LogP contribution in [0.2, 0.25) is 0 Å². The van der Waals surface area contributed by atoms with Crippen molar-refractivity contribution in [3.05, 3.63) is 131 Å². The molecule has 0 fully saturated rings. The minimum Gasteiger partial charge on any atom is -1.00 e. The Bertz CT molecular complexity index is 1700. The van der Waals surface area contributed by atoms with Crippen LogP contribution in [0.3, 0.4) is 0 Å². The van der Waals surface area contributed by atoms with Gasteiger partial charge in [0, 0.05) is 5.33 Å². The van der Waals surface area contributed by atoms with E-state index < -0.39 is 17.3 Å². The fourth-order valence-corrected chi connectivity index (χ4v) is 6.15. The molecule has 274 valence electrons. The van der Waals surface area contributed by atoms with E-state index in [0.717, 1.165) is 39.8 Å². The van der Waals surface area contributed by atoms with Gasteiger partial charge in [-0.2, -0.15) is 0 Å². The van der Waals surface area contributed by atoms with Crippen molar-refractivity contribution in [2.24, 2.45) is 0 Å². The molecule has 0 aliphatic carbocycles. The number of carbonyl (C=O) groups is 2. The number of carbonyl (C=O) groups excluding carboxylic acids is 2. The summed E-state index contributed by atoms with van der Waals surface area (Å²) in [5.41, 5.74) is 5.38. The maximum atomic E-state index is 12.7. The van der Waals surface area contributed by atoms with E-state index in [4.69, 9.17) is 14.2 Å². The predicted octanol–water partition coefficient (Wildman–Crippen LogP) is 6.61. The van der Waals surface area contributed by atoms with Crippen LogP contribution in [-0.4, -0.2) is 53.8 Å². The van der Waals surface area contributed by atoms with Gasteiger partial charge in [-0.1, -0.05) is 113 Å². The normalized spacial score (nSPS) is 15.8. The van der Waals surface area contributed by atoms with E-state index in [1.54, 1.807) is 9.80 Å². The van der Waals surface area contributed by atoms with E-state index in [0.29, 0.717) is 19.6 Å². The Hall–Kier alpha value is -3.18. The van der Waals surface area contributed by atoms with Crippen LogP contribution in [-0.2, 0) is 39.0 Å². The van der Waals surface area contributed by atoms with Crippen molar-refractivity contribution in [1.29, 1.82) is 0 Å². The molecule has 0 aromatic heterocycles. The first-order valence-corrected chi connectivity index (χ1v) is 18.4. The predicted molar refractivity (Wildman–Crippen MR) is 209 cm³/mol. The molecular weight excluding hydrogens is 731 g/mol. The molecule has 0 radical (unpaired) electrons. The number of anilines is 2. The van der Waals surface area contributed by atoms with Crippen molar-refractivity contribution in [1.82, 2.24) is 0 Å². The van der Waals surface area contributed by atoms with Crippen LogP contribution in [0.4, 0.5) is 21.0 Å². The Morgan fingerprint density at radius 2 is 1.08 bits per heavy atom. The molecular formula is C42H52BrN2NaO6.